The molecule has 1 atom stereocenters. The van der Waals surface area contributed by atoms with Gasteiger partial charge in [-0.15, -0.1) is 0 Å². The minimum Gasteiger partial charge on any atom is -0.465 e. The molecule has 1 rings (SSSR count). The summed E-state index contributed by atoms with van der Waals surface area (Å²) < 4.78 is 19.4. The molecule has 1 aromatic carbocycles. The number of carbonyl (C=O) groups excluding carboxylic acids is 1. The molecule has 1 unspecified atom stereocenters. The van der Waals surface area contributed by atoms with Gasteiger partial charge in [-0.3, -0.25) is 4.79 Å². The second-order valence-electron chi connectivity index (χ2n) is 4.12. The number of halogens is 2. The standard InChI is InChI=1S/C13H16BrFO3/c1-3-18-12(17)13(2,7-8-16)11-9(14)5-4-6-10(11)15/h4-6,16H,3,7-8H2,1-2H3. The number of esters is 1. The Labute approximate surface area is 114 Å². The minimum atomic E-state index is -1.20. The van der Waals surface area contributed by atoms with Gasteiger partial charge in [-0.05, 0) is 32.4 Å². The maximum Gasteiger partial charge on any atom is 0.316 e. The molecule has 0 bridgehead atoms. The van der Waals surface area contributed by atoms with Crippen molar-refractivity contribution in [2.75, 3.05) is 13.2 Å². The van der Waals surface area contributed by atoms with Crippen LogP contribution in [-0.2, 0) is 14.9 Å². The molecular weight excluding hydrogens is 303 g/mol. The molecule has 0 saturated carbocycles. The second-order valence-corrected chi connectivity index (χ2v) is 4.98. The van der Waals surface area contributed by atoms with E-state index in [1.165, 1.54) is 6.07 Å². The Kier molecular flexibility index (Phi) is 5.28. The first kappa shape index (κ1) is 15.1. The molecule has 0 aromatic heterocycles. The van der Waals surface area contributed by atoms with Crippen molar-refractivity contribution < 1.29 is 19.0 Å². The molecule has 0 spiro atoms. The van der Waals surface area contributed by atoms with Gasteiger partial charge in [0.2, 0.25) is 0 Å². The van der Waals surface area contributed by atoms with E-state index in [4.69, 9.17) is 9.84 Å². The summed E-state index contributed by atoms with van der Waals surface area (Å²) in [4.78, 5) is 12.0. The van der Waals surface area contributed by atoms with Crippen molar-refractivity contribution in [2.24, 2.45) is 0 Å². The van der Waals surface area contributed by atoms with E-state index in [2.05, 4.69) is 15.9 Å². The smallest absolute Gasteiger partial charge is 0.316 e. The van der Waals surface area contributed by atoms with Crippen molar-refractivity contribution in [1.29, 1.82) is 0 Å². The van der Waals surface area contributed by atoms with Crippen molar-refractivity contribution in [3.8, 4) is 0 Å². The van der Waals surface area contributed by atoms with E-state index in [1.807, 2.05) is 0 Å². The zero-order valence-corrected chi connectivity index (χ0v) is 12.0. The first-order chi connectivity index (χ1) is 8.47. The van der Waals surface area contributed by atoms with Crippen LogP contribution in [0, 0.1) is 5.82 Å². The minimum absolute atomic E-state index is 0.103. The molecule has 0 aliphatic carbocycles. The molecule has 5 heteroatoms. The fourth-order valence-corrected chi connectivity index (χ4v) is 2.65. The number of hydrogen-bond donors (Lipinski definition) is 1. The van der Waals surface area contributed by atoms with E-state index in [1.54, 1.807) is 26.0 Å². The van der Waals surface area contributed by atoms with Gasteiger partial charge in [0, 0.05) is 16.6 Å². The van der Waals surface area contributed by atoms with E-state index >= 15 is 0 Å². The van der Waals surface area contributed by atoms with Crippen LogP contribution in [0.1, 0.15) is 25.8 Å². The first-order valence-electron chi connectivity index (χ1n) is 5.70. The predicted molar refractivity (Wildman–Crippen MR) is 69.8 cm³/mol. The average Bonchev–Trinajstić information content (AvgIpc) is 2.29. The van der Waals surface area contributed by atoms with Gasteiger partial charge >= 0.3 is 5.97 Å². The van der Waals surface area contributed by atoms with Crippen molar-refractivity contribution in [3.05, 3.63) is 34.1 Å². The Morgan fingerprint density at radius 3 is 2.72 bits per heavy atom. The summed E-state index contributed by atoms with van der Waals surface area (Å²) in [5.41, 5.74) is -0.980. The maximum absolute atomic E-state index is 14.0. The van der Waals surface area contributed by atoms with Crippen LogP contribution < -0.4 is 0 Å². The highest BCUT2D eigenvalue weighted by atomic mass is 79.9. The molecule has 0 amide bonds. The van der Waals surface area contributed by atoms with Crippen LogP contribution in [0.4, 0.5) is 4.39 Å². The van der Waals surface area contributed by atoms with E-state index in [0.717, 1.165) is 0 Å². The van der Waals surface area contributed by atoms with E-state index in [-0.39, 0.29) is 25.2 Å². The number of aliphatic hydroxyl groups is 1. The summed E-state index contributed by atoms with van der Waals surface area (Å²) in [6.07, 6.45) is 0.103. The van der Waals surface area contributed by atoms with E-state index < -0.39 is 17.2 Å². The highest BCUT2D eigenvalue weighted by molar-refractivity contribution is 9.10. The van der Waals surface area contributed by atoms with Crippen LogP contribution in [0.15, 0.2) is 22.7 Å². The van der Waals surface area contributed by atoms with Crippen LogP contribution in [0.2, 0.25) is 0 Å². The number of rotatable bonds is 5. The van der Waals surface area contributed by atoms with Crippen molar-refractivity contribution >= 4 is 21.9 Å². The Morgan fingerprint density at radius 2 is 2.22 bits per heavy atom. The molecule has 0 fully saturated rings. The Balaban J connectivity index is 3.31. The zero-order valence-electron chi connectivity index (χ0n) is 10.4. The Morgan fingerprint density at radius 1 is 1.56 bits per heavy atom. The molecule has 0 aliphatic heterocycles. The zero-order chi connectivity index (χ0) is 13.8. The topological polar surface area (TPSA) is 46.5 Å². The summed E-state index contributed by atoms with van der Waals surface area (Å²) in [5.74, 6) is -1.03. The lowest BCUT2D eigenvalue weighted by Gasteiger charge is -2.28. The van der Waals surface area contributed by atoms with Gasteiger partial charge in [-0.1, -0.05) is 22.0 Å². The Bertz CT molecular complexity index is 416. The van der Waals surface area contributed by atoms with E-state index in [9.17, 15) is 9.18 Å². The van der Waals surface area contributed by atoms with Crippen LogP contribution in [-0.4, -0.2) is 24.3 Å². The molecule has 3 nitrogen and oxygen atoms in total. The third-order valence-electron chi connectivity index (χ3n) is 2.85. The lowest BCUT2D eigenvalue weighted by atomic mass is 9.79. The van der Waals surface area contributed by atoms with Gasteiger partial charge in [0.15, 0.2) is 0 Å². The fourth-order valence-electron chi connectivity index (χ4n) is 1.87. The fraction of sp³-hybridized carbons (Fsp3) is 0.462. The average molecular weight is 319 g/mol. The molecular formula is C13H16BrFO3. The molecule has 0 saturated heterocycles. The van der Waals surface area contributed by atoms with Crippen LogP contribution in [0.5, 0.6) is 0 Å². The number of hydrogen-bond acceptors (Lipinski definition) is 3. The van der Waals surface area contributed by atoms with Gasteiger partial charge in [-0.25, -0.2) is 4.39 Å². The summed E-state index contributed by atoms with van der Waals surface area (Å²) in [7, 11) is 0. The van der Waals surface area contributed by atoms with Gasteiger partial charge in [0.05, 0.1) is 12.0 Å². The summed E-state index contributed by atoms with van der Waals surface area (Å²) >= 11 is 3.24. The van der Waals surface area contributed by atoms with Crippen molar-refractivity contribution in [1.82, 2.24) is 0 Å². The highest BCUT2D eigenvalue weighted by Crippen LogP contribution is 2.36. The molecule has 0 heterocycles. The molecule has 0 radical (unpaired) electrons. The number of benzene rings is 1. The van der Waals surface area contributed by atoms with Gasteiger partial charge in [-0.2, -0.15) is 0 Å². The SMILES string of the molecule is CCOC(=O)C(C)(CCO)c1c(F)cccc1Br. The lowest BCUT2D eigenvalue weighted by Crippen LogP contribution is -2.36. The largest absolute Gasteiger partial charge is 0.465 e. The highest BCUT2D eigenvalue weighted by Gasteiger charge is 2.39. The summed E-state index contributed by atoms with van der Waals surface area (Å²) in [6, 6.07) is 4.50. The predicted octanol–water partition coefficient (Wildman–Crippen LogP) is 2.79. The van der Waals surface area contributed by atoms with Gasteiger partial charge < -0.3 is 9.84 Å². The molecule has 18 heavy (non-hydrogen) atoms. The Hall–Kier alpha value is -0.940. The number of carbonyl (C=O) groups is 1. The second kappa shape index (κ2) is 6.29. The normalized spacial score (nSPS) is 14.1. The van der Waals surface area contributed by atoms with Gasteiger partial charge in [0.1, 0.15) is 5.82 Å². The molecule has 0 aliphatic rings. The van der Waals surface area contributed by atoms with Crippen LogP contribution >= 0.6 is 15.9 Å². The summed E-state index contributed by atoms with van der Waals surface area (Å²) in [5, 5.41) is 9.12. The first-order valence-corrected chi connectivity index (χ1v) is 6.49. The third kappa shape index (κ3) is 2.90. The molecule has 1 aromatic rings. The summed E-state index contributed by atoms with van der Waals surface area (Å²) in [6.45, 7) is 3.25. The van der Waals surface area contributed by atoms with Crippen molar-refractivity contribution in [3.63, 3.8) is 0 Å². The molecule has 1 N–H and O–H groups in total. The monoisotopic (exact) mass is 318 g/mol. The third-order valence-corrected chi connectivity index (χ3v) is 3.51. The van der Waals surface area contributed by atoms with Crippen molar-refractivity contribution in [2.45, 2.75) is 25.7 Å². The number of ether oxygens (including phenoxy) is 1. The van der Waals surface area contributed by atoms with Crippen LogP contribution in [0.25, 0.3) is 0 Å². The quantitative estimate of drug-likeness (QED) is 0.849. The lowest BCUT2D eigenvalue weighted by molar-refractivity contribution is -0.150. The number of aliphatic hydroxyl groups excluding tert-OH is 1. The van der Waals surface area contributed by atoms with Crippen LogP contribution in [0.3, 0.4) is 0 Å². The maximum atomic E-state index is 14.0. The van der Waals surface area contributed by atoms with E-state index in [0.29, 0.717) is 4.47 Å². The molecule has 100 valence electrons. The van der Waals surface area contributed by atoms with Gasteiger partial charge in [0.25, 0.3) is 0 Å².